The van der Waals surface area contributed by atoms with Crippen molar-refractivity contribution in [2.24, 2.45) is 0 Å². The molecule has 0 bridgehead atoms. The monoisotopic (exact) mass is 361 g/mol. The molecule has 1 atom stereocenters. The van der Waals surface area contributed by atoms with Crippen molar-refractivity contribution in [2.45, 2.75) is 59.1 Å². The molecule has 6 heteroatoms. The summed E-state index contributed by atoms with van der Waals surface area (Å²) in [6.07, 6.45) is 1.84. The van der Waals surface area contributed by atoms with Gasteiger partial charge in [0.2, 0.25) is 5.91 Å². The molecular weight excluding hydrogens is 334 g/mol. The number of hydrogen-bond acceptors (Lipinski definition) is 4. The van der Waals surface area contributed by atoms with Crippen molar-refractivity contribution in [1.29, 1.82) is 0 Å². The van der Waals surface area contributed by atoms with Crippen molar-refractivity contribution in [3.8, 4) is 0 Å². The molecule has 1 heterocycles. The lowest BCUT2D eigenvalue weighted by Gasteiger charge is -2.21. The third kappa shape index (κ3) is 5.33. The number of nitrogens with one attached hydrogen (secondary N) is 1. The third-order valence-electron chi connectivity index (χ3n) is 4.20. The number of aliphatic carboxylic acids is 1. The van der Waals surface area contributed by atoms with Crippen LogP contribution in [0.4, 0.5) is 0 Å². The molecule has 1 aromatic carbocycles. The largest absolute Gasteiger partial charge is 0.480 e. The maximum Gasteiger partial charge on any atom is 0.326 e. The molecule has 6 nitrogen and oxygen atoms in total. The molecule has 26 heavy (non-hydrogen) atoms. The van der Waals surface area contributed by atoms with Crippen LogP contribution in [-0.4, -0.2) is 35.2 Å². The number of rotatable bonds is 7. The van der Waals surface area contributed by atoms with Crippen LogP contribution in [0.5, 0.6) is 0 Å². The molecule has 1 aromatic heterocycles. The van der Waals surface area contributed by atoms with Crippen LogP contribution in [-0.2, 0) is 20.7 Å². The summed E-state index contributed by atoms with van der Waals surface area (Å²) in [5, 5.41) is 12.8. The number of amides is 1. The van der Waals surface area contributed by atoms with Gasteiger partial charge in [0.25, 0.3) is 0 Å². The van der Waals surface area contributed by atoms with E-state index in [4.69, 9.17) is 9.15 Å². The molecule has 0 saturated carbocycles. The van der Waals surface area contributed by atoms with Crippen LogP contribution < -0.4 is 5.32 Å². The Hall–Kier alpha value is -2.34. The molecule has 1 amide bonds. The summed E-state index contributed by atoms with van der Waals surface area (Å²) in [7, 11) is 0. The van der Waals surface area contributed by atoms with Gasteiger partial charge in [0.05, 0.1) is 18.3 Å². The van der Waals surface area contributed by atoms with Crippen LogP contribution >= 0.6 is 0 Å². The van der Waals surface area contributed by atoms with Gasteiger partial charge in [-0.15, -0.1) is 0 Å². The Morgan fingerprint density at radius 3 is 2.50 bits per heavy atom. The van der Waals surface area contributed by atoms with E-state index in [-0.39, 0.29) is 31.0 Å². The van der Waals surface area contributed by atoms with Crippen LogP contribution in [0.1, 0.15) is 43.9 Å². The number of carbonyl (C=O) groups excluding carboxylic acids is 1. The minimum atomic E-state index is -1.07. The molecule has 2 N–H and O–H groups in total. The smallest absolute Gasteiger partial charge is 0.326 e. The lowest BCUT2D eigenvalue weighted by molar-refractivity contribution is -0.142. The normalized spacial score (nSPS) is 13.0. The minimum absolute atomic E-state index is 0.0689. The molecule has 2 rings (SSSR count). The zero-order valence-corrected chi connectivity index (χ0v) is 16.0. The van der Waals surface area contributed by atoms with Crippen molar-refractivity contribution in [3.05, 3.63) is 35.1 Å². The van der Waals surface area contributed by atoms with Gasteiger partial charge in [0, 0.05) is 24.0 Å². The summed E-state index contributed by atoms with van der Waals surface area (Å²) in [6, 6.07) is 2.95. The van der Waals surface area contributed by atoms with Gasteiger partial charge in [0.1, 0.15) is 11.6 Å². The highest BCUT2D eigenvalue weighted by atomic mass is 16.5. The molecule has 142 valence electrons. The van der Waals surface area contributed by atoms with Gasteiger partial charge in [-0.2, -0.15) is 0 Å². The Morgan fingerprint density at radius 1 is 1.23 bits per heavy atom. The van der Waals surface area contributed by atoms with E-state index >= 15 is 0 Å². The quantitative estimate of drug-likeness (QED) is 0.789. The first-order valence-corrected chi connectivity index (χ1v) is 8.70. The number of fused-ring (bicyclic) bond motifs is 1. The van der Waals surface area contributed by atoms with Crippen LogP contribution in [0, 0.1) is 13.8 Å². The van der Waals surface area contributed by atoms with Crippen LogP contribution in [0.2, 0.25) is 0 Å². The van der Waals surface area contributed by atoms with Crippen molar-refractivity contribution in [1.82, 2.24) is 5.32 Å². The topological polar surface area (TPSA) is 88.8 Å². The predicted octanol–water partition coefficient (Wildman–Crippen LogP) is 3.37. The zero-order valence-electron chi connectivity index (χ0n) is 16.0. The minimum Gasteiger partial charge on any atom is -0.480 e. The highest BCUT2D eigenvalue weighted by Crippen LogP contribution is 2.25. The van der Waals surface area contributed by atoms with E-state index < -0.39 is 12.0 Å². The second-order valence-corrected chi connectivity index (χ2v) is 7.58. The van der Waals surface area contributed by atoms with Gasteiger partial charge in [0.15, 0.2) is 0 Å². The van der Waals surface area contributed by atoms with Gasteiger partial charge in [-0.25, -0.2) is 4.79 Å². The van der Waals surface area contributed by atoms with Gasteiger partial charge >= 0.3 is 5.97 Å². The fraction of sp³-hybridized carbons (Fsp3) is 0.500. The number of aryl methyl sites for hydroxylation is 2. The molecule has 2 aromatic rings. The molecule has 0 fully saturated rings. The SMILES string of the molecule is Cc1cc2occ(CC(=O)NC(CCOC(C)(C)C)C(=O)O)c2cc1C. The fourth-order valence-electron chi connectivity index (χ4n) is 2.63. The Bertz CT molecular complexity index is 800. The number of carboxylic acid groups (broad SMARTS) is 1. The molecule has 0 aliphatic carbocycles. The first kappa shape index (κ1) is 20.0. The van der Waals surface area contributed by atoms with E-state index in [2.05, 4.69) is 5.32 Å². The fourth-order valence-corrected chi connectivity index (χ4v) is 2.63. The van der Waals surface area contributed by atoms with Crippen LogP contribution in [0.15, 0.2) is 22.8 Å². The first-order valence-electron chi connectivity index (χ1n) is 8.70. The molecule has 0 aliphatic rings. The van der Waals surface area contributed by atoms with Crippen molar-refractivity contribution >= 4 is 22.8 Å². The molecule has 0 saturated heterocycles. The first-order chi connectivity index (χ1) is 12.1. The van der Waals surface area contributed by atoms with E-state index in [1.54, 1.807) is 6.26 Å². The molecule has 0 radical (unpaired) electrons. The molecule has 1 unspecified atom stereocenters. The average molecular weight is 361 g/mol. The van der Waals surface area contributed by atoms with E-state index in [1.165, 1.54) is 0 Å². The summed E-state index contributed by atoms with van der Waals surface area (Å²) in [4.78, 5) is 23.7. The number of carboxylic acids is 1. The molecular formula is C20H27NO5. The molecule has 0 aliphatic heterocycles. The van der Waals surface area contributed by atoms with Gasteiger partial charge in [-0.05, 0) is 57.9 Å². The van der Waals surface area contributed by atoms with Gasteiger partial charge < -0.3 is 19.6 Å². The highest BCUT2D eigenvalue weighted by Gasteiger charge is 2.22. The summed E-state index contributed by atoms with van der Waals surface area (Å²) >= 11 is 0. The Balaban J connectivity index is 2.02. The second kappa shape index (κ2) is 7.91. The average Bonchev–Trinajstić information content (AvgIpc) is 2.87. The number of ether oxygens (including phenoxy) is 1. The van der Waals surface area contributed by atoms with E-state index in [1.807, 2.05) is 46.8 Å². The molecule has 0 spiro atoms. The maximum atomic E-state index is 12.3. The van der Waals surface area contributed by atoms with Crippen molar-refractivity contribution < 1.29 is 23.8 Å². The summed E-state index contributed by atoms with van der Waals surface area (Å²) in [6.45, 7) is 9.95. The maximum absolute atomic E-state index is 12.3. The summed E-state index contributed by atoms with van der Waals surface area (Å²) in [5.41, 5.74) is 3.36. The third-order valence-corrected chi connectivity index (χ3v) is 4.20. The van der Waals surface area contributed by atoms with E-state index in [0.29, 0.717) is 0 Å². The zero-order chi connectivity index (χ0) is 19.5. The number of furan rings is 1. The van der Waals surface area contributed by atoms with Crippen molar-refractivity contribution in [3.63, 3.8) is 0 Å². The van der Waals surface area contributed by atoms with Crippen LogP contribution in [0.3, 0.4) is 0 Å². The lowest BCUT2D eigenvalue weighted by atomic mass is 10.0. The number of hydrogen-bond donors (Lipinski definition) is 2. The standard InChI is InChI=1S/C20H27NO5/c1-12-8-15-14(11-25-17(15)9-13(12)2)10-18(22)21-16(19(23)24)6-7-26-20(3,4)5/h8-9,11,16H,6-7,10H2,1-5H3,(H,21,22)(H,23,24). The highest BCUT2D eigenvalue weighted by molar-refractivity contribution is 5.90. The lowest BCUT2D eigenvalue weighted by Crippen LogP contribution is -2.42. The van der Waals surface area contributed by atoms with Gasteiger partial charge in [-0.3, -0.25) is 4.79 Å². The number of carbonyl (C=O) groups is 2. The predicted molar refractivity (Wildman–Crippen MR) is 99.3 cm³/mol. The Morgan fingerprint density at radius 2 is 1.88 bits per heavy atom. The number of benzene rings is 1. The van der Waals surface area contributed by atoms with Gasteiger partial charge in [-0.1, -0.05) is 0 Å². The second-order valence-electron chi connectivity index (χ2n) is 7.58. The Labute approximate surface area is 153 Å². The Kier molecular flexibility index (Phi) is 6.08. The van der Waals surface area contributed by atoms with Crippen molar-refractivity contribution in [2.75, 3.05) is 6.61 Å². The summed E-state index contributed by atoms with van der Waals surface area (Å²) in [5.74, 6) is -1.42. The van der Waals surface area contributed by atoms with E-state index in [0.717, 1.165) is 27.7 Å². The van der Waals surface area contributed by atoms with Crippen LogP contribution in [0.25, 0.3) is 11.0 Å². The van der Waals surface area contributed by atoms with E-state index in [9.17, 15) is 14.7 Å². The summed E-state index contributed by atoms with van der Waals surface area (Å²) < 4.78 is 11.1.